The Morgan fingerprint density at radius 1 is 0.586 bits per heavy atom. The van der Waals surface area contributed by atoms with E-state index < -0.39 is 30.2 Å². The first-order valence-corrected chi connectivity index (χ1v) is 20.0. The fourth-order valence-corrected chi connectivity index (χ4v) is 7.36. The lowest BCUT2D eigenvalue weighted by molar-refractivity contribution is -0.145. The topological polar surface area (TPSA) is 132 Å². The average Bonchev–Trinajstić information content (AvgIpc) is 3.55. The fraction of sp³-hybridized carbons (Fsp3) is 0.277. The minimum Gasteiger partial charge on any atom is -0.461 e. The van der Waals surface area contributed by atoms with E-state index in [0.29, 0.717) is 37.3 Å². The molecule has 0 saturated carbocycles. The van der Waals surface area contributed by atoms with Gasteiger partial charge in [-0.1, -0.05) is 133 Å². The summed E-state index contributed by atoms with van der Waals surface area (Å²) in [4.78, 5) is 52.3. The number of benzene rings is 5. The summed E-state index contributed by atoms with van der Waals surface area (Å²) in [5.41, 5.74) is 7.05. The molecular weight excluding hydrogens is 754 g/mol. The van der Waals surface area contributed by atoms with E-state index in [4.69, 9.17) is 25.8 Å². The second kappa shape index (κ2) is 21.4. The monoisotopic (exact) mass is 801 g/mol. The van der Waals surface area contributed by atoms with Gasteiger partial charge in [-0.15, -0.1) is 0 Å². The molecule has 6 rings (SSSR count). The maximum Gasteiger partial charge on any atom is 0.407 e. The molecule has 0 aliphatic heterocycles. The number of amides is 3. The van der Waals surface area contributed by atoms with E-state index in [1.54, 1.807) is 18.2 Å². The van der Waals surface area contributed by atoms with Gasteiger partial charge in [0.15, 0.2) is 0 Å². The molecule has 3 N–H and O–H groups in total. The second-order valence-electron chi connectivity index (χ2n) is 14.3. The molecule has 58 heavy (non-hydrogen) atoms. The van der Waals surface area contributed by atoms with Crippen molar-refractivity contribution in [3.63, 3.8) is 0 Å². The lowest BCUT2D eigenvalue weighted by Crippen LogP contribution is -2.44. The number of fused-ring (bicyclic) bond motifs is 3. The van der Waals surface area contributed by atoms with E-state index in [-0.39, 0.29) is 44.5 Å². The van der Waals surface area contributed by atoms with E-state index in [1.165, 1.54) is 0 Å². The zero-order valence-corrected chi connectivity index (χ0v) is 33.0. The van der Waals surface area contributed by atoms with Gasteiger partial charge < -0.3 is 30.2 Å². The summed E-state index contributed by atoms with van der Waals surface area (Å²) >= 11 is 6.01. The van der Waals surface area contributed by atoms with E-state index in [9.17, 15) is 19.2 Å². The summed E-state index contributed by atoms with van der Waals surface area (Å²) in [5.74, 6) is -0.885. The van der Waals surface area contributed by atoms with E-state index in [1.807, 2.05) is 91.0 Å². The van der Waals surface area contributed by atoms with Gasteiger partial charge in [-0.3, -0.25) is 9.59 Å². The van der Waals surface area contributed by atoms with Crippen molar-refractivity contribution in [3.05, 3.63) is 166 Å². The van der Waals surface area contributed by atoms with Crippen molar-refractivity contribution in [2.75, 3.05) is 13.2 Å². The van der Waals surface area contributed by atoms with Crippen LogP contribution in [0.5, 0.6) is 0 Å². The number of alkyl carbamates (subject to hydrolysis) is 2. The third-order valence-electron chi connectivity index (χ3n) is 9.95. The first-order chi connectivity index (χ1) is 28.3. The van der Waals surface area contributed by atoms with Crippen LogP contribution in [0.1, 0.15) is 65.8 Å². The van der Waals surface area contributed by atoms with Crippen LogP contribution < -0.4 is 16.0 Å². The van der Waals surface area contributed by atoms with Gasteiger partial charge in [0.1, 0.15) is 19.8 Å². The van der Waals surface area contributed by atoms with Gasteiger partial charge in [0, 0.05) is 36.0 Å². The van der Waals surface area contributed by atoms with Gasteiger partial charge in [-0.25, -0.2) is 9.59 Å². The molecule has 5 aromatic carbocycles. The molecule has 2 atom stereocenters. The van der Waals surface area contributed by atoms with E-state index >= 15 is 0 Å². The van der Waals surface area contributed by atoms with Gasteiger partial charge in [0.25, 0.3) is 0 Å². The molecular formula is C47H48ClN3O7. The summed E-state index contributed by atoms with van der Waals surface area (Å²) in [6.45, 7) is 0.695. The SMILES string of the molecule is O=C(C[C@H](Cc1ccccc1)NC(=O)OCC1c2ccccc2-c2ccccc21)N[C@@H](CCCCNC(=O)OCc1cccc(Cl)c1)CC(=O)OCc1ccccc1. The molecule has 10 nitrogen and oxygen atoms in total. The predicted molar refractivity (Wildman–Crippen MR) is 223 cm³/mol. The molecule has 0 saturated heterocycles. The number of ether oxygens (including phenoxy) is 3. The van der Waals surface area contributed by atoms with Crippen LogP contribution in [0.2, 0.25) is 5.02 Å². The lowest BCUT2D eigenvalue weighted by atomic mass is 9.98. The first-order valence-electron chi connectivity index (χ1n) is 19.6. The zero-order chi connectivity index (χ0) is 40.5. The fourth-order valence-electron chi connectivity index (χ4n) is 7.15. The molecule has 300 valence electrons. The third kappa shape index (κ3) is 12.7. The summed E-state index contributed by atoms with van der Waals surface area (Å²) < 4.78 is 16.7. The minimum atomic E-state index is -0.616. The molecule has 1 aliphatic rings. The highest BCUT2D eigenvalue weighted by atomic mass is 35.5. The molecule has 1 aliphatic carbocycles. The average molecular weight is 802 g/mol. The summed E-state index contributed by atoms with van der Waals surface area (Å²) in [7, 11) is 0. The first kappa shape index (κ1) is 41.5. The smallest absolute Gasteiger partial charge is 0.407 e. The maximum atomic E-state index is 13.7. The summed E-state index contributed by atoms with van der Waals surface area (Å²) in [5, 5.41) is 9.27. The Labute approximate surface area is 344 Å². The Kier molecular flexibility index (Phi) is 15.3. The van der Waals surface area contributed by atoms with Crippen LogP contribution in [0.4, 0.5) is 9.59 Å². The standard InChI is InChI=1S/C47H48ClN3O7/c48-36-19-13-18-35(26-36)31-57-46(54)49-25-12-11-20-37(29-45(53)56-30-34-16-5-2-6-17-34)50-44(52)28-38(27-33-14-3-1-4-15-33)51-47(55)58-32-43-41-23-9-7-21-39(41)40-22-8-10-24-42(40)43/h1-10,13-19,21-24,26,37-38,43H,11-12,20,25,27-32H2,(H,49,54)(H,50,52)(H,51,55)/t37-,38-/m0/s1. The van der Waals surface area contributed by atoms with Gasteiger partial charge in [-0.2, -0.15) is 0 Å². The van der Waals surface area contributed by atoms with Crippen LogP contribution in [-0.4, -0.2) is 49.3 Å². The Morgan fingerprint density at radius 3 is 1.90 bits per heavy atom. The Balaban J connectivity index is 1.04. The zero-order valence-electron chi connectivity index (χ0n) is 32.2. The normalized spacial score (nSPS) is 12.6. The minimum absolute atomic E-state index is 0.0448. The number of halogens is 1. The number of unbranched alkanes of at least 4 members (excludes halogenated alkanes) is 1. The second-order valence-corrected chi connectivity index (χ2v) is 14.7. The van der Waals surface area contributed by atoms with Crippen LogP contribution in [0.25, 0.3) is 11.1 Å². The highest BCUT2D eigenvalue weighted by Gasteiger charge is 2.30. The quantitative estimate of drug-likeness (QED) is 0.0432. The number of carbonyl (C=O) groups is 4. The molecule has 0 radical (unpaired) electrons. The number of hydrogen-bond acceptors (Lipinski definition) is 7. The molecule has 11 heteroatoms. The number of esters is 1. The summed E-state index contributed by atoms with van der Waals surface area (Å²) in [6, 6.07) is 41.2. The van der Waals surface area contributed by atoms with Crippen molar-refractivity contribution in [1.82, 2.24) is 16.0 Å². The van der Waals surface area contributed by atoms with Crippen molar-refractivity contribution in [2.24, 2.45) is 0 Å². The van der Waals surface area contributed by atoms with Gasteiger partial charge >= 0.3 is 18.2 Å². The van der Waals surface area contributed by atoms with Crippen molar-refractivity contribution >= 4 is 35.7 Å². The van der Waals surface area contributed by atoms with E-state index in [0.717, 1.165) is 38.9 Å². The molecule has 0 spiro atoms. The Hall–Kier alpha value is -6.13. The Bertz CT molecular complexity index is 2090. The molecule has 0 unspecified atom stereocenters. The molecule has 3 amide bonds. The number of hydrogen-bond donors (Lipinski definition) is 3. The van der Waals surface area contributed by atoms with Crippen molar-refractivity contribution in [1.29, 1.82) is 0 Å². The molecule has 0 bridgehead atoms. The molecule has 0 fully saturated rings. The highest BCUT2D eigenvalue weighted by Crippen LogP contribution is 2.44. The van der Waals surface area contributed by atoms with Crippen LogP contribution >= 0.6 is 11.6 Å². The van der Waals surface area contributed by atoms with Crippen LogP contribution in [0.3, 0.4) is 0 Å². The number of carbonyl (C=O) groups excluding carboxylic acids is 4. The molecule has 0 aromatic heterocycles. The van der Waals surface area contributed by atoms with Gasteiger partial charge in [0.2, 0.25) is 5.91 Å². The molecule has 5 aromatic rings. The predicted octanol–water partition coefficient (Wildman–Crippen LogP) is 8.89. The van der Waals surface area contributed by atoms with Gasteiger partial charge in [0.05, 0.1) is 6.42 Å². The number of nitrogens with one attached hydrogen (secondary N) is 3. The highest BCUT2D eigenvalue weighted by molar-refractivity contribution is 6.30. The van der Waals surface area contributed by atoms with Gasteiger partial charge in [-0.05, 0) is 76.8 Å². The van der Waals surface area contributed by atoms with E-state index in [2.05, 4.69) is 40.2 Å². The summed E-state index contributed by atoms with van der Waals surface area (Å²) in [6.07, 6.45) is 0.758. The van der Waals surface area contributed by atoms with Crippen LogP contribution in [-0.2, 0) is 43.4 Å². The largest absolute Gasteiger partial charge is 0.461 e. The maximum absolute atomic E-state index is 13.7. The van der Waals surface area contributed by atoms with Crippen molar-refractivity contribution < 1.29 is 33.4 Å². The lowest BCUT2D eigenvalue weighted by Gasteiger charge is -2.22. The van der Waals surface area contributed by atoms with Crippen LogP contribution in [0, 0.1) is 0 Å². The third-order valence-corrected chi connectivity index (χ3v) is 10.2. The van der Waals surface area contributed by atoms with Crippen molar-refractivity contribution in [2.45, 2.75) is 69.7 Å². The van der Waals surface area contributed by atoms with Crippen molar-refractivity contribution in [3.8, 4) is 11.1 Å². The molecule has 0 heterocycles. The Morgan fingerprint density at radius 2 is 1.21 bits per heavy atom. The number of rotatable bonds is 19. The van der Waals surface area contributed by atoms with Crippen LogP contribution in [0.15, 0.2) is 133 Å².